The molecule has 2 aliphatic rings. The Balaban J connectivity index is 1.74. The van der Waals surface area contributed by atoms with E-state index in [4.69, 9.17) is 33.7 Å². The van der Waals surface area contributed by atoms with Gasteiger partial charge in [0, 0.05) is 12.6 Å². The van der Waals surface area contributed by atoms with Crippen LogP contribution in [0.3, 0.4) is 0 Å². The van der Waals surface area contributed by atoms with Gasteiger partial charge < -0.3 is 10.5 Å². The van der Waals surface area contributed by atoms with Crippen molar-refractivity contribution in [3.63, 3.8) is 0 Å². The van der Waals surface area contributed by atoms with Crippen molar-refractivity contribution in [2.45, 2.75) is 56.6 Å². The molecule has 0 amide bonds. The van der Waals surface area contributed by atoms with E-state index in [2.05, 4.69) is 0 Å². The fraction of sp³-hybridized carbons (Fsp3) is 0.647. The van der Waals surface area contributed by atoms with E-state index >= 15 is 0 Å². The monoisotopic (exact) mass is 327 g/mol. The molecule has 1 spiro atoms. The average molecular weight is 328 g/mol. The average Bonchev–Trinajstić information content (AvgIpc) is 2.50. The summed E-state index contributed by atoms with van der Waals surface area (Å²) < 4.78 is 6.16. The highest BCUT2D eigenvalue weighted by Gasteiger charge is 2.40. The SMILES string of the molecule is NC(c1ccc(Cl)c(Cl)c1)C1CCOC2(CCCCC2)C1. The van der Waals surface area contributed by atoms with E-state index in [0.717, 1.165) is 25.0 Å². The highest BCUT2D eigenvalue weighted by atomic mass is 35.5. The van der Waals surface area contributed by atoms with Crippen molar-refractivity contribution >= 4 is 23.2 Å². The maximum absolute atomic E-state index is 6.52. The lowest BCUT2D eigenvalue weighted by Crippen LogP contribution is -2.44. The molecule has 4 heteroatoms. The third kappa shape index (κ3) is 3.39. The topological polar surface area (TPSA) is 35.2 Å². The minimum absolute atomic E-state index is 0.0162. The zero-order valence-corrected chi connectivity index (χ0v) is 13.8. The second-order valence-electron chi connectivity index (χ2n) is 6.54. The van der Waals surface area contributed by atoms with Crippen molar-refractivity contribution in [2.24, 2.45) is 11.7 Å². The van der Waals surface area contributed by atoms with Crippen LogP contribution in [0.25, 0.3) is 0 Å². The highest BCUT2D eigenvalue weighted by molar-refractivity contribution is 6.42. The quantitative estimate of drug-likeness (QED) is 0.817. The van der Waals surface area contributed by atoms with Gasteiger partial charge in [0.2, 0.25) is 0 Å². The van der Waals surface area contributed by atoms with Gasteiger partial charge in [0.1, 0.15) is 0 Å². The van der Waals surface area contributed by atoms with E-state index in [1.807, 2.05) is 18.2 Å². The van der Waals surface area contributed by atoms with Crippen LogP contribution in [0.5, 0.6) is 0 Å². The third-order valence-corrected chi connectivity index (χ3v) is 5.87. The molecule has 0 aromatic heterocycles. The second-order valence-corrected chi connectivity index (χ2v) is 7.36. The molecule has 1 heterocycles. The van der Waals surface area contributed by atoms with Crippen molar-refractivity contribution in [1.29, 1.82) is 0 Å². The number of benzene rings is 1. The molecule has 0 radical (unpaired) electrons. The lowest BCUT2D eigenvalue weighted by molar-refractivity contribution is -0.120. The summed E-state index contributed by atoms with van der Waals surface area (Å²) in [6.45, 7) is 0.833. The smallest absolute Gasteiger partial charge is 0.0685 e. The van der Waals surface area contributed by atoms with Crippen molar-refractivity contribution in [3.8, 4) is 0 Å². The van der Waals surface area contributed by atoms with Crippen LogP contribution in [0.1, 0.15) is 56.6 Å². The van der Waals surface area contributed by atoms with Crippen molar-refractivity contribution in [3.05, 3.63) is 33.8 Å². The maximum atomic E-state index is 6.52. The molecular formula is C17H23Cl2NO. The van der Waals surface area contributed by atoms with Gasteiger partial charge in [-0.15, -0.1) is 0 Å². The van der Waals surface area contributed by atoms with Gasteiger partial charge in [0.15, 0.2) is 0 Å². The zero-order valence-electron chi connectivity index (χ0n) is 12.3. The van der Waals surface area contributed by atoms with Crippen molar-refractivity contribution in [2.75, 3.05) is 6.61 Å². The summed E-state index contributed by atoms with van der Waals surface area (Å²) >= 11 is 12.1. The summed E-state index contributed by atoms with van der Waals surface area (Å²) in [5, 5.41) is 1.17. The summed E-state index contributed by atoms with van der Waals surface area (Å²) in [7, 11) is 0. The van der Waals surface area contributed by atoms with E-state index in [-0.39, 0.29) is 11.6 Å². The largest absolute Gasteiger partial charge is 0.375 e. The maximum Gasteiger partial charge on any atom is 0.0685 e. The number of halogens is 2. The second kappa shape index (κ2) is 6.45. The predicted molar refractivity (Wildman–Crippen MR) is 87.9 cm³/mol. The molecule has 21 heavy (non-hydrogen) atoms. The molecule has 1 saturated carbocycles. The molecule has 1 aromatic rings. The van der Waals surface area contributed by atoms with Crippen LogP contribution >= 0.6 is 23.2 Å². The van der Waals surface area contributed by atoms with Gasteiger partial charge in [-0.3, -0.25) is 0 Å². The summed E-state index contributed by atoms with van der Waals surface area (Å²) in [5.74, 6) is 0.467. The Morgan fingerprint density at radius 3 is 2.62 bits per heavy atom. The standard InChI is InChI=1S/C17H23Cl2NO/c18-14-5-4-12(10-15(14)19)16(20)13-6-9-21-17(11-13)7-2-1-3-8-17/h4-5,10,13,16H,1-3,6-9,11,20H2. The Morgan fingerprint density at radius 2 is 1.90 bits per heavy atom. The fourth-order valence-corrected chi connectivity index (χ4v) is 4.22. The van der Waals surface area contributed by atoms with Gasteiger partial charge in [0.25, 0.3) is 0 Å². The molecule has 2 fully saturated rings. The first-order valence-corrected chi connectivity index (χ1v) is 8.70. The first kappa shape index (κ1) is 15.6. The van der Waals surface area contributed by atoms with Crippen LogP contribution < -0.4 is 5.73 Å². The molecule has 1 saturated heterocycles. The van der Waals surface area contributed by atoms with Crippen molar-refractivity contribution in [1.82, 2.24) is 0 Å². The van der Waals surface area contributed by atoms with Gasteiger partial charge in [-0.05, 0) is 49.3 Å². The number of ether oxygens (including phenoxy) is 1. The molecular weight excluding hydrogens is 305 g/mol. The summed E-state index contributed by atoms with van der Waals surface area (Å²) in [4.78, 5) is 0. The Hall–Kier alpha value is -0.280. The van der Waals surface area contributed by atoms with Gasteiger partial charge in [0.05, 0.1) is 15.6 Å². The van der Waals surface area contributed by atoms with Crippen LogP contribution in [0, 0.1) is 5.92 Å². The molecule has 2 atom stereocenters. The molecule has 2 nitrogen and oxygen atoms in total. The molecule has 1 aliphatic carbocycles. The summed E-state index contributed by atoms with van der Waals surface area (Å²) in [6, 6.07) is 5.77. The molecule has 2 N–H and O–H groups in total. The van der Waals surface area contributed by atoms with Crippen LogP contribution in [0.2, 0.25) is 10.0 Å². The van der Waals surface area contributed by atoms with E-state index in [1.165, 1.54) is 32.1 Å². The van der Waals surface area contributed by atoms with Gasteiger partial charge >= 0.3 is 0 Å². The van der Waals surface area contributed by atoms with Crippen molar-refractivity contribution < 1.29 is 4.74 Å². The first-order chi connectivity index (χ1) is 10.1. The van der Waals surface area contributed by atoms with Gasteiger partial charge in [-0.25, -0.2) is 0 Å². The molecule has 116 valence electrons. The normalized spacial score (nSPS) is 26.7. The highest BCUT2D eigenvalue weighted by Crippen LogP contribution is 2.44. The Morgan fingerprint density at radius 1 is 1.14 bits per heavy atom. The first-order valence-electron chi connectivity index (χ1n) is 7.94. The van der Waals surface area contributed by atoms with Crippen LogP contribution in [0.15, 0.2) is 18.2 Å². The predicted octanol–water partition coefficient (Wildman–Crippen LogP) is 5.12. The lowest BCUT2D eigenvalue weighted by atomic mass is 9.73. The number of hydrogen-bond acceptors (Lipinski definition) is 2. The number of hydrogen-bond donors (Lipinski definition) is 1. The Bertz CT molecular complexity index is 494. The fourth-order valence-electron chi connectivity index (χ4n) is 3.91. The van der Waals surface area contributed by atoms with E-state index in [0.29, 0.717) is 16.0 Å². The molecule has 2 unspecified atom stereocenters. The number of rotatable bonds is 2. The minimum Gasteiger partial charge on any atom is -0.375 e. The summed E-state index contributed by atoms with van der Waals surface area (Å²) in [6.07, 6.45) is 8.41. The van der Waals surface area contributed by atoms with Gasteiger partial charge in [-0.2, -0.15) is 0 Å². The van der Waals surface area contributed by atoms with Crippen LogP contribution in [-0.4, -0.2) is 12.2 Å². The molecule has 0 bridgehead atoms. The van der Waals surface area contributed by atoms with E-state index < -0.39 is 0 Å². The minimum atomic E-state index is 0.0162. The third-order valence-electron chi connectivity index (χ3n) is 5.13. The van der Waals surface area contributed by atoms with Crippen LogP contribution in [0.4, 0.5) is 0 Å². The van der Waals surface area contributed by atoms with E-state index in [9.17, 15) is 0 Å². The molecule has 3 rings (SSSR count). The van der Waals surface area contributed by atoms with Gasteiger partial charge in [-0.1, -0.05) is 48.5 Å². The summed E-state index contributed by atoms with van der Waals surface area (Å²) in [5.41, 5.74) is 7.70. The molecule has 1 aromatic carbocycles. The lowest BCUT2D eigenvalue weighted by Gasteiger charge is -2.45. The number of nitrogens with two attached hydrogens (primary N) is 1. The zero-order chi connectivity index (χ0) is 14.9. The Kier molecular flexibility index (Phi) is 4.80. The van der Waals surface area contributed by atoms with E-state index in [1.54, 1.807) is 0 Å². The van der Waals surface area contributed by atoms with Crippen LogP contribution in [-0.2, 0) is 4.74 Å². The Labute approximate surface area is 136 Å². The molecule has 1 aliphatic heterocycles.